The maximum atomic E-state index is 8.88. The van der Waals surface area contributed by atoms with Crippen molar-refractivity contribution >= 4 is 7.82 Å². The Bertz CT molecular complexity index is 285. The van der Waals surface area contributed by atoms with Gasteiger partial charge >= 0.3 is 7.82 Å². The van der Waals surface area contributed by atoms with E-state index in [1.807, 2.05) is 0 Å². The predicted octanol–water partition coefficient (Wildman–Crippen LogP) is 2.09. The van der Waals surface area contributed by atoms with Gasteiger partial charge in [-0.05, 0) is 6.42 Å². The van der Waals surface area contributed by atoms with E-state index in [0.29, 0.717) is 0 Å². The van der Waals surface area contributed by atoms with Crippen molar-refractivity contribution in [3.8, 4) is 0 Å². The first kappa shape index (κ1) is 18.4. The minimum atomic E-state index is -4.64. The van der Waals surface area contributed by atoms with E-state index in [2.05, 4.69) is 36.2 Å². The summed E-state index contributed by atoms with van der Waals surface area (Å²) in [5.41, 5.74) is 0. The smallest absolute Gasteiger partial charge is 0.362 e. The molecule has 7 heteroatoms. The number of phosphoric acid groups is 1. The highest BCUT2D eigenvalue weighted by Crippen LogP contribution is 2.25. The van der Waals surface area contributed by atoms with Gasteiger partial charge in [0, 0.05) is 26.0 Å². The zero-order valence-corrected chi connectivity index (χ0v) is 12.8. The number of hydrogen-bond acceptors (Lipinski definition) is 3. The van der Waals surface area contributed by atoms with E-state index < -0.39 is 7.82 Å². The van der Waals surface area contributed by atoms with Gasteiger partial charge in [-0.1, -0.05) is 39.0 Å². The molecule has 0 saturated heterocycles. The second kappa shape index (κ2) is 10.3. The lowest BCUT2D eigenvalue weighted by Gasteiger charge is -2.17. The molecule has 3 N–H and O–H groups in total. The van der Waals surface area contributed by atoms with Gasteiger partial charge in [0.05, 0.1) is 6.67 Å². The molecule has 0 fully saturated rings. The summed E-state index contributed by atoms with van der Waals surface area (Å²) in [7, 11) is -2.52. The number of hydrogen-bond donors (Lipinski definition) is 3. The van der Waals surface area contributed by atoms with Gasteiger partial charge in [0.15, 0.2) is 0 Å². The summed E-state index contributed by atoms with van der Waals surface area (Å²) in [5.74, 6) is 0. The fraction of sp³-hybridized carbons (Fsp3) is 0.833. The van der Waals surface area contributed by atoms with Crippen molar-refractivity contribution < 1.29 is 19.2 Å². The molecule has 0 saturated carbocycles. The molecule has 0 bridgehead atoms. The molecule has 6 nitrogen and oxygen atoms in total. The van der Waals surface area contributed by atoms with Crippen LogP contribution in [0.5, 0.6) is 0 Å². The minimum Gasteiger partial charge on any atom is -0.362 e. The van der Waals surface area contributed by atoms with Crippen LogP contribution in [-0.4, -0.2) is 44.7 Å². The van der Waals surface area contributed by atoms with E-state index in [9.17, 15) is 0 Å². The van der Waals surface area contributed by atoms with Gasteiger partial charge in [0.1, 0.15) is 0 Å². The first-order chi connectivity index (χ1) is 8.83. The Morgan fingerprint density at radius 2 is 1.58 bits per heavy atom. The lowest BCUT2D eigenvalue weighted by atomic mass is 10.1. The van der Waals surface area contributed by atoms with Crippen LogP contribution >= 0.6 is 7.82 Å². The number of nitrogens with zero attached hydrogens (tertiary/aromatic N) is 2. The van der Waals surface area contributed by atoms with Crippen molar-refractivity contribution in [2.45, 2.75) is 45.4 Å². The molecule has 0 radical (unpaired) electrons. The zero-order chi connectivity index (χ0) is 14.7. The molecular weight excluding hydrogens is 267 g/mol. The Labute approximate surface area is 116 Å². The quantitative estimate of drug-likeness (QED) is 0.492. The first-order valence-corrected chi connectivity index (χ1v) is 8.30. The molecule has 0 aromatic carbocycles. The van der Waals surface area contributed by atoms with Crippen LogP contribution in [0.2, 0.25) is 0 Å². The molecule has 1 rings (SSSR count). The highest BCUT2D eigenvalue weighted by molar-refractivity contribution is 7.45. The molecule has 0 spiro atoms. The summed E-state index contributed by atoms with van der Waals surface area (Å²) in [6.45, 7) is 4.58. The molecule has 1 aliphatic rings. The Balaban J connectivity index is 0.000000555. The van der Waals surface area contributed by atoms with E-state index in [-0.39, 0.29) is 0 Å². The van der Waals surface area contributed by atoms with E-state index >= 15 is 0 Å². The van der Waals surface area contributed by atoms with Crippen molar-refractivity contribution in [3.05, 3.63) is 12.4 Å². The fourth-order valence-electron chi connectivity index (χ4n) is 1.83. The lowest BCUT2D eigenvalue weighted by Crippen LogP contribution is -2.23. The molecule has 0 aliphatic carbocycles. The standard InChI is InChI=1S/C12H24N2.H3O4P/c1-3-4-5-6-7-8-9-14-11-10-13(2)12-14;1-5(2,3)4/h10-11H,3-9,12H2,1-2H3;(H3,1,2,3,4). The summed E-state index contributed by atoms with van der Waals surface area (Å²) >= 11 is 0. The number of rotatable bonds is 7. The van der Waals surface area contributed by atoms with Crippen molar-refractivity contribution in [1.82, 2.24) is 9.80 Å². The van der Waals surface area contributed by atoms with Crippen LogP contribution in [0.4, 0.5) is 0 Å². The van der Waals surface area contributed by atoms with Crippen LogP contribution in [0.3, 0.4) is 0 Å². The normalized spacial score (nSPS) is 14.6. The fourth-order valence-corrected chi connectivity index (χ4v) is 1.83. The first-order valence-electron chi connectivity index (χ1n) is 6.74. The van der Waals surface area contributed by atoms with Crippen molar-refractivity contribution in [3.63, 3.8) is 0 Å². The van der Waals surface area contributed by atoms with Crippen LogP contribution < -0.4 is 0 Å². The third-order valence-corrected chi connectivity index (χ3v) is 2.74. The Hall–Kier alpha value is -0.550. The molecule has 1 heterocycles. The third-order valence-electron chi connectivity index (χ3n) is 2.74. The molecule has 19 heavy (non-hydrogen) atoms. The molecule has 0 aromatic heterocycles. The average molecular weight is 294 g/mol. The minimum absolute atomic E-state index is 1.08. The summed E-state index contributed by atoms with van der Waals surface area (Å²) in [4.78, 5) is 26.2. The van der Waals surface area contributed by atoms with Gasteiger partial charge in [0.2, 0.25) is 0 Å². The molecule has 114 valence electrons. The second-order valence-electron chi connectivity index (χ2n) is 4.79. The largest absolute Gasteiger partial charge is 0.466 e. The third kappa shape index (κ3) is 15.4. The highest BCUT2D eigenvalue weighted by atomic mass is 31.2. The van der Waals surface area contributed by atoms with Gasteiger partial charge in [-0.2, -0.15) is 0 Å². The van der Waals surface area contributed by atoms with Crippen LogP contribution in [-0.2, 0) is 4.57 Å². The van der Waals surface area contributed by atoms with Gasteiger partial charge in [-0.25, -0.2) is 4.57 Å². The number of unbranched alkanes of at least 4 members (excludes halogenated alkanes) is 5. The predicted molar refractivity (Wildman–Crippen MR) is 76.1 cm³/mol. The SMILES string of the molecule is CCCCCCCCN1C=CN(C)C1.O=P(O)(O)O. The van der Waals surface area contributed by atoms with Gasteiger partial charge < -0.3 is 24.5 Å². The summed E-state index contributed by atoms with van der Waals surface area (Å²) < 4.78 is 8.88. The Kier molecular flexibility index (Phi) is 9.97. The molecule has 0 amide bonds. The van der Waals surface area contributed by atoms with Crippen LogP contribution in [0.1, 0.15) is 45.4 Å². The second-order valence-corrected chi connectivity index (χ2v) is 5.82. The van der Waals surface area contributed by atoms with Gasteiger partial charge in [0.25, 0.3) is 0 Å². The van der Waals surface area contributed by atoms with E-state index in [1.165, 1.54) is 45.1 Å². The van der Waals surface area contributed by atoms with E-state index in [0.717, 1.165) is 6.67 Å². The highest BCUT2D eigenvalue weighted by Gasteiger charge is 2.06. The van der Waals surface area contributed by atoms with E-state index in [4.69, 9.17) is 19.2 Å². The average Bonchev–Trinajstić information content (AvgIpc) is 2.67. The van der Waals surface area contributed by atoms with Crippen LogP contribution in [0.15, 0.2) is 12.4 Å². The van der Waals surface area contributed by atoms with Gasteiger partial charge in [-0.3, -0.25) is 0 Å². The van der Waals surface area contributed by atoms with E-state index in [1.54, 1.807) is 0 Å². The molecule has 1 aliphatic heterocycles. The maximum Gasteiger partial charge on any atom is 0.466 e. The molecular formula is C12H27N2O4P. The van der Waals surface area contributed by atoms with Crippen LogP contribution in [0.25, 0.3) is 0 Å². The van der Waals surface area contributed by atoms with Crippen LogP contribution in [0, 0.1) is 0 Å². The summed E-state index contributed by atoms with van der Waals surface area (Å²) in [6, 6.07) is 0. The van der Waals surface area contributed by atoms with Crippen molar-refractivity contribution in [1.29, 1.82) is 0 Å². The maximum absolute atomic E-state index is 8.88. The topological polar surface area (TPSA) is 84.2 Å². The molecule has 0 aromatic rings. The summed E-state index contributed by atoms with van der Waals surface area (Å²) in [5, 5.41) is 0. The Morgan fingerprint density at radius 1 is 1.05 bits per heavy atom. The van der Waals surface area contributed by atoms with Crippen molar-refractivity contribution in [2.75, 3.05) is 20.3 Å². The van der Waals surface area contributed by atoms with Crippen molar-refractivity contribution in [2.24, 2.45) is 0 Å². The summed E-state index contributed by atoms with van der Waals surface area (Å²) in [6.07, 6.45) is 12.7. The lowest BCUT2D eigenvalue weighted by molar-refractivity contribution is 0.275. The molecule has 0 unspecified atom stereocenters. The molecule has 0 atom stereocenters. The van der Waals surface area contributed by atoms with Gasteiger partial charge in [-0.15, -0.1) is 0 Å². The zero-order valence-electron chi connectivity index (χ0n) is 11.9. The monoisotopic (exact) mass is 294 g/mol. The Morgan fingerprint density at radius 3 is 2.05 bits per heavy atom.